The minimum absolute atomic E-state index is 0.0332. The van der Waals surface area contributed by atoms with Gasteiger partial charge in [0, 0.05) is 20.8 Å². The zero-order valence-electron chi connectivity index (χ0n) is 15.6. The molecule has 1 fully saturated rings. The summed E-state index contributed by atoms with van der Waals surface area (Å²) in [7, 11) is 0. The summed E-state index contributed by atoms with van der Waals surface area (Å²) in [5, 5.41) is 0. The predicted octanol–water partition coefficient (Wildman–Crippen LogP) is 0.206. The highest BCUT2D eigenvalue weighted by Gasteiger charge is 2.51. The molecule has 0 bridgehead atoms. The fourth-order valence-corrected chi connectivity index (χ4v) is 3.35. The molecule has 0 radical (unpaired) electrons. The van der Waals surface area contributed by atoms with Crippen LogP contribution < -0.4 is 5.56 Å². The number of fused-ring (bicyclic) bond motifs is 1. The van der Waals surface area contributed by atoms with Crippen LogP contribution in [0.3, 0.4) is 0 Å². The molecule has 0 amide bonds. The smallest absolute Gasteiger partial charge is 0.303 e. The molecule has 4 atom stereocenters. The number of nitrogens with one attached hydrogen (secondary N) is 1. The molecule has 0 saturated carbocycles. The van der Waals surface area contributed by atoms with E-state index in [1.54, 1.807) is 0 Å². The summed E-state index contributed by atoms with van der Waals surface area (Å²) in [5.74, 6) is -1.85. The van der Waals surface area contributed by atoms with Crippen LogP contribution in [-0.4, -0.2) is 62.3 Å². The number of hydrogen-bond acceptors (Lipinski definition) is 10. The van der Waals surface area contributed by atoms with Gasteiger partial charge in [-0.25, -0.2) is 9.97 Å². The number of ether oxygens (including phenoxy) is 4. The van der Waals surface area contributed by atoms with Gasteiger partial charge in [-0.1, -0.05) is 0 Å². The van der Waals surface area contributed by atoms with Crippen molar-refractivity contribution in [3.8, 4) is 0 Å². The van der Waals surface area contributed by atoms with Crippen LogP contribution in [0.2, 0.25) is 0 Å². The Bertz CT molecular complexity index is 1020. The van der Waals surface area contributed by atoms with Gasteiger partial charge in [-0.3, -0.25) is 28.7 Å². The molecule has 29 heavy (non-hydrogen) atoms. The van der Waals surface area contributed by atoms with E-state index >= 15 is 0 Å². The molecule has 156 valence electrons. The van der Waals surface area contributed by atoms with Crippen molar-refractivity contribution in [2.24, 2.45) is 0 Å². The Morgan fingerprint density at radius 2 is 1.83 bits per heavy atom. The third kappa shape index (κ3) is 4.45. The Labute approximate surface area is 171 Å². The van der Waals surface area contributed by atoms with Crippen molar-refractivity contribution in [2.75, 3.05) is 6.61 Å². The summed E-state index contributed by atoms with van der Waals surface area (Å²) in [6.07, 6.45) is -2.85. The molecule has 1 N–H and O–H groups in total. The van der Waals surface area contributed by atoms with Gasteiger partial charge in [-0.2, -0.15) is 0 Å². The number of halogens is 1. The number of carbonyl (C=O) groups excluding carboxylic acids is 3. The summed E-state index contributed by atoms with van der Waals surface area (Å²) in [5.41, 5.74) is -0.306. The Morgan fingerprint density at radius 3 is 2.45 bits per heavy atom. The van der Waals surface area contributed by atoms with E-state index in [9.17, 15) is 19.2 Å². The second-order valence-electron chi connectivity index (χ2n) is 6.20. The maximum atomic E-state index is 12.1. The maximum absolute atomic E-state index is 12.1. The molecule has 1 saturated heterocycles. The fourth-order valence-electron chi connectivity index (χ4n) is 3.00. The summed E-state index contributed by atoms with van der Waals surface area (Å²) in [6.45, 7) is 3.35. The quantitative estimate of drug-likeness (QED) is 0.362. The van der Waals surface area contributed by atoms with Gasteiger partial charge in [0.2, 0.25) is 0 Å². The van der Waals surface area contributed by atoms with Gasteiger partial charge < -0.3 is 18.9 Å². The zero-order valence-corrected chi connectivity index (χ0v) is 17.2. The van der Waals surface area contributed by atoms with Gasteiger partial charge >= 0.3 is 17.9 Å². The number of aromatic amines is 1. The first-order valence-electron chi connectivity index (χ1n) is 8.43. The van der Waals surface area contributed by atoms with Crippen molar-refractivity contribution in [2.45, 2.75) is 45.3 Å². The third-order valence-electron chi connectivity index (χ3n) is 4.02. The highest BCUT2D eigenvalue weighted by atomic mass is 79.9. The summed E-state index contributed by atoms with van der Waals surface area (Å²) >= 11 is 3.10. The first-order valence-corrected chi connectivity index (χ1v) is 9.22. The number of H-pyrrole nitrogens is 1. The normalized spacial score (nSPS) is 23.7. The van der Waals surface area contributed by atoms with Gasteiger partial charge in [0.1, 0.15) is 12.7 Å². The first kappa shape index (κ1) is 20.9. The van der Waals surface area contributed by atoms with Crippen LogP contribution >= 0.6 is 15.9 Å². The van der Waals surface area contributed by atoms with Crippen LogP contribution in [0.25, 0.3) is 11.2 Å². The van der Waals surface area contributed by atoms with Gasteiger partial charge in [0.05, 0.1) is 6.33 Å². The molecule has 12 nitrogen and oxygen atoms in total. The predicted molar refractivity (Wildman–Crippen MR) is 97.5 cm³/mol. The Kier molecular flexibility index (Phi) is 5.98. The molecule has 3 rings (SSSR count). The molecule has 3 heterocycles. The summed E-state index contributed by atoms with van der Waals surface area (Å²) in [6, 6.07) is 0. The van der Waals surface area contributed by atoms with Gasteiger partial charge in [-0.15, -0.1) is 0 Å². The molecule has 13 heteroatoms. The van der Waals surface area contributed by atoms with E-state index < -0.39 is 48.0 Å². The fraction of sp³-hybridized carbons (Fsp3) is 0.500. The molecule has 0 spiro atoms. The minimum atomic E-state index is -1.10. The molecule has 4 unspecified atom stereocenters. The van der Waals surface area contributed by atoms with E-state index in [-0.39, 0.29) is 22.5 Å². The van der Waals surface area contributed by atoms with Crippen molar-refractivity contribution in [1.82, 2.24) is 19.5 Å². The second kappa shape index (κ2) is 8.29. The molecular formula is C16H17BrN4O8. The molecule has 0 aromatic carbocycles. The van der Waals surface area contributed by atoms with Gasteiger partial charge in [0.25, 0.3) is 5.56 Å². The summed E-state index contributed by atoms with van der Waals surface area (Å²) in [4.78, 5) is 57.2. The number of nitrogens with zero attached hydrogens (tertiary/aromatic N) is 3. The standard InChI is InChI=1S/C16H17BrN4O8/c1-6(22)26-4-9-11(27-7(2)23)12(28-8(3)24)15(29-9)21-5-18-10-13(21)19-16(17)20-14(10)25/h5,9,11-12,15H,4H2,1-3H3,(H,19,20,25). The van der Waals surface area contributed by atoms with Gasteiger partial charge in [-0.05, 0) is 15.9 Å². The van der Waals surface area contributed by atoms with E-state index in [1.807, 2.05) is 0 Å². The molecular weight excluding hydrogens is 456 g/mol. The van der Waals surface area contributed by atoms with Crippen molar-refractivity contribution in [3.05, 3.63) is 21.4 Å². The lowest BCUT2D eigenvalue weighted by Crippen LogP contribution is -2.40. The van der Waals surface area contributed by atoms with Crippen LogP contribution in [0.5, 0.6) is 0 Å². The monoisotopic (exact) mass is 472 g/mol. The van der Waals surface area contributed by atoms with Crippen LogP contribution in [0.15, 0.2) is 15.9 Å². The highest BCUT2D eigenvalue weighted by Crippen LogP contribution is 2.35. The van der Waals surface area contributed by atoms with E-state index in [1.165, 1.54) is 31.7 Å². The Morgan fingerprint density at radius 1 is 1.17 bits per heavy atom. The Hall–Kier alpha value is -2.80. The average Bonchev–Trinajstić information content (AvgIpc) is 3.15. The highest BCUT2D eigenvalue weighted by molar-refractivity contribution is 9.10. The summed E-state index contributed by atoms with van der Waals surface area (Å²) < 4.78 is 23.1. The second-order valence-corrected chi connectivity index (χ2v) is 6.95. The van der Waals surface area contributed by atoms with Crippen LogP contribution in [-0.2, 0) is 33.3 Å². The van der Waals surface area contributed by atoms with Crippen LogP contribution in [0, 0.1) is 0 Å². The zero-order chi connectivity index (χ0) is 21.3. The Balaban J connectivity index is 2.05. The number of rotatable bonds is 5. The number of aromatic nitrogens is 4. The topological polar surface area (TPSA) is 152 Å². The van der Waals surface area contributed by atoms with E-state index in [4.69, 9.17) is 18.9 Å². The molecule has 2 aromatic rings. The van der Waals surface area contributed by atoms with E-state index in [0.29, 0.717) is 0 Å². The van der Waals surface area contributed by atoms with E-state index in [2.05, 4.69) is 30.9 Å². The van der Waals surface area contributed by atoms with Crippen LogP contribution in [0.4, 0.5) is 0 Å². The largest absolute Gasteiger partial charge is 0.463 e. The molecule has 2 aromatic heterocycles. The van der Waals surface area contributed by atoms with Crippen molar-refractivity contribution >= 4 is 45.0 Å². The van der Waals surface area contributed by atoms with Crippen molar-refractivity contribution in [3.63, 3.8) is 0 Å². The molecule has 1 aliphatic heterocycles. The maximum Gasteiger partial charge on any atom is 0.303 e. The number of imidazole rings is 1. The number of hydrogen-bond donors (Lipinski definition) is 1. The first-order chi connectivity index (χ1) is 13.7. The average molecular weight is 473 g/mol. The van der Waals surface area contributed by atoms with E-state index in [0.717, 1.165) is 0 Å². The molecule has 0 aliphatic carbocycles. The lowest BCUT2D eigenvalue weighted by molar-refractivity contribution is -0.166. The van der Waals surface area contributed by atoms with Crippen molar-refractivity contribution < 1.29 is 33.3 Å². The van der Waals surface area contributed by atoms with Crippen molar-refractivity contribution in [1.29, 1.82) is 0 Å². The lowest BCUT2D eigenvalue weighted by atomic mass is 10.1. The third-order valence-corrected chi connectivity index (χ3v) is 4.39. The van der Waals surface area contributed by atoms with Crippen LogP contribution in [0.1, 0.15) is 27.0 Å². The number of esters is 3. The van der Waals surface area contributed by atoms with Gasteiger partial charge in [0.15, 0.2) is 34.3 Å². The lowest BCUT2D eigenvalue weighted by Gasteiger charge is -2.23. The molecule has 1 aliphatic rings. The minimum Gasteiger partial charge on any atom is -0.463 e. The SMILES string of the molecule is CC(=O)OCC1OC(n2cnc3c(=O)[nH]c(Br)nc32)C(OC(C)=O)C1OC(C)=O. The number of carbonyl (C=O) groups is 3.